The summed E-state index contributed by atoms with van der Waals surface area (Å²) >= 11 is 0. The van der Waals surface area contributed by atoms with E-state index in [0.29, 0.717) is 6.10 Å². The van der Waals surface area contributed by atoms with Gasteiger partial charge in [-0.2, -0.15) is 0 Å². The summed E-state index contributed by atoms with van der Waals surface area (Å²) in [5.41, 5.74) is 0. The van der Waals surface area contributed by atoms with E-state index in [1.807, 2.05) is 0 Å². The molecule has 0 aromatic heterocycles. The molecule has 2 unspecified atom stereocenters. The van der Waals surface area contributed by atoms with Crippen molar-refractivity contribution in [3.63, 3.8) is 0 Å². The van der Waals surface area contributed by atoms with Crippen LogP contribution in [0, 0.1) is 5.92 Å². The third-order valence-corrected chi connectivity index (χ3v) is 3.12. The van der Waals surface area contributed by atoms with Gasteiger partial charge in [0.15, 0.2) is 0 Å². The van der Waals surface area contributed by atoms with Crippen LogP contribution in [-0.2, 0) is 4.74 Å². The molecule has 2 atom stereocenters. The molecule has 0 aromatic carbocycles. The van der Waals surface area contributed by atoms with Crippen molar-refractivity contribution < 1.29 is 4.74 Å². The molecule has 0 aromatic rings. The number of unbranched alkanes of at least 4 members (excludes halogenated alkanes) is 2. The van der Waals surface area contributed by atoms with Crippen molar-refractivity contribution in [3.8, 4) is 0 Å². The molecule has 1 nitrogen and oxygen atoms in total. The lowest BCUT2D eigenvalue weighted by Gasteiger charge is -2.17. The fourth-order valence-electron chi connectivity index (χ4n) is 2.21. The molecule has 1 saturated heterocycles. The number of rotatable bonds is 6. The highest BCUT2D eigenvalue weighted by atomic mass is 16.5. The van der Waals surface area contributed by atoms with Crippen LogP contribution in [0.4, 0.5) is 0 Å². The summed E-state index contributed by atoms with van der Waals surface area (Å²) in [6.45, 7) is 5.55. The van der Waals surface area contributed by atoms with Gasteiger partial charge in [0.1, 0.15) is 0 Å². The van der Waals surface area contributed by atoms with Crippen LogP contribution in [0.3, 0.4) is 0 Å². The average molecular weight is 184 g/mol. The minimum absolute atomic E-state index is 0.603. The third kappa shape index (κ3) is 3.68. The highest BCUT2D eigenvalue weighted by molar-refractivity contribution is 4.75. The van der Waals surface area contributed by atoms with E-state index < -0.39 is 0 Å². The van der Waals surface area contributed by atoms with Crippen molar-refractivity contribution in [1.29, 1.82) is 0 Å². The number of hydrogen-bond acceptors (Lipinski definition) is 1. The second kappa shape index (κ2) is 6.42. The maximum absolute atomic E-state index is 5.76. The van der Waals surface area contributed by atoms with E-state index in [4.69, 9.17) is 4.74 Å². The molecular formula is C12H24O. The first-order valence-electron chi connectivity index (χ1n) is 6.00. The lowest BCUT2D eigenvalue weighted by Crippen LogP contribution is -2.15. The van der Waals surface area contributed by atoms with Gasteiger partial charge in [0.25, 0.3) is 0 Å². The molecule has 0 N–H and O–H groups in total. The van der Waals surface area contributed by atoms with Crippen molar-refractivity contribution in [3.05, 3.63) is 0 Å². The molecule has 0 radical (unpaired) electrons. The van der Waals surface area contributed by atoms with E-state index in [1.165, 1.54) is 44.9 Å². The molecular weight excluding hydrogens is 160 g/mol. The van der Waals surface area contributed by atoms with Crippen LogP contribution in [0.2, 0.25) is 0 Å². The zero-order valence-corrected chi connectivity index (χ0v) is 9.22. The molecule has 1 fully saturated rings. The Balaban J connectivity index is 2.18. The van der Waals surface area contributed by atoms with Gasteiger partial charge in [-0.3, -0.25) is 0 Å². The maximum atomic E-state index is 5.76. The van der Waals surface area contributed by atoms with Gasteiger partial charge < -0.3 is 4.74 Å². The van der Waals surface area contributed by atoms with E-state index >= 15 is 0 Å². The van der Waals surface area contributed by atoms with E-state index in [1.54, 1.807) is 0 Å². The minimum Gasteiger partial charge on any atom is -0.378 e. The Hall–Kier alpha value is -0.0400. The third-order valence-electron chi connectivity index (χ3n) is 3.12. The van der Waals surface area contributed by atoms with Crippen LogP contribution < -0.4 is 0 Å². The predicted molar refractivity (Wildman–Crippen MR) is 56.9 cm³/mol. The normalized spacial score (nSPS) is 28.2. The SMILES string of the molecule is CCCCC1CCOC1CCCC. The summed E-state index contributed by atoms with van der Waals surface area (Å²) in [6.07, 6.45) is 9.97. The second-order valence-corrected chi connectivity index (χ2v) is 4.24. The Morgan fingerprint density at radius 1 is 1.08 bits per heavy atom. The van der Waals surface area contributed by atoms with E-state index in [9.17, 15) is 0 Å². The first-order chi connectivity index (χ1) is 6.38. The molecule has 1 aliphatic rings. The van der Waals surface area contributed by atoms with Crippen LogP contribution in [0.15, 0.2) is 0 Å². The Kier molecular flexibility index (Phi) is 5.45. The summed E-state index contributed by atoms with van der Waals surface area (Å²) in [6, 6.07) is 0. The van der Waals surface area contributed by atoms with Crippen molar-refractivity contribution in [1.82, 2.24) is 0 Å². The van der Waals surface area contributed by atoms with Gasteiger partial charge in [-0.05, 0) is 25.2 Å². The van der Waals surface area contributed by atoms with E-state index in [0.717, 1.165) is 12.5 Å². The van der Waals surface area contributed by atoms with Crippen molar-refractivity contribution in [2.75, 3.05) is 6.61 Å². The predicted octanol–water partition coefficient (Wildman–Crippen LogP) is 3.77. The van der Waals surface area contributed by atoms with Crippen LogP contribution in [0.25, 0.3) is 0 Å². The largest absolute Gasteiger partial charge is 0.378 e. The number of hydrogen-bond donors (Lipinski definition) is 0. The van der Waals surface area contributed by atoms with Crippen LogP contribution in [0.5, 0.6) is 0 Å². The highest BCUT2D eigenvalue weighted by Crippen LogP contribution is 2.29. The maximum Gasteiger partial charge on any atom is 0.0604 e. The Morgan fingerprint density at radius 3 is 2.46 bits per heavy atom. The molecule has 1 rings (SSSR count). The van der Waals surface area contributed by atoms with Crippen molar-refractivity contribution >= 4 is 0 Å². The molecule has 1 heterocycles. The highest BCUT2D eigenvalue weighted by Gasteiger charge is 2.26. The molecule has 78 valence electrons. The summed E-state index contributed by atoms with van der Waals surface area (Å²) in [5, 5.41) is 0. The molecule has 0 saturated carbocycles. The average Bonchev–Trinajstić information content (AvgIpc) is 2.59. The molecule has 1 heteroatoms. The minimum atomic E-state index is 0.603. The van der Waals surface area contributed by atoms with Gasteiger partial charge in [-0.1, -0.05) is 39.5 Å². The van der Waals surface area contributed by atoms with Gasteiger partial charge in [-0.15, -0.1) is 0 Å². The van der Waals surface area contributed by atoms with Gasteiger partial charge in [0.05, 0.1) is 6.10 Å². The van der Waals surface area contributed by atoms with Gasteiger partial charge in [0.2, 0.25) is 0 Å². The summed E-state index contributed by atoms with van der Waals surface area (Å²) in [4.78, 5) is 0. The van der Waals surface area contributed by atoms with Crippen molar-refractivity contribution in [2.24, 2.45) is 5.92 Å². The van der Waals surface area contributed by atoms with E-state index in [2.05, 4.69) is 13.8 Å². The Labute approximate surface area is 82.9 Å². The Bertz CT molecular complexity index is 108. The zero-order chi connectivity index (χ0) is 9.52. The van der Waals surface area contributed by atoms with Gasteiger partial charge in [0, 0.05) is 6.61 Å². The molecule has 0 bridgehead atoms. The molecule has 0 amide bonds. The molecule has 0 spiro atoms. The first kappa shape index (κ1) is 11.0. The van der Waals surface area contributed by atoms with Crippen LogP contribution in [0.1, 0.15) is 58.8 Å². The van der Waals surface area contributed by atoms with Gasteiger partial charge >= 0.3 is 0 Å². The summed E-state index contributed by atoms with van der Waals surface area (Å²) in [5.74, 6) is 0.881. The van der Waals surface area contributed by atoms with Crippen molar-refractivity contribution in [2.45, 2.75) is 64.9 Å². The fraction of sp³-hybridized carbons (Fsp3) is 1.00. The molecule has 1 aliphatic heterocycles. The summed E-state index contributed by atoms with van der Waals surface area (Å²) in [7, 11) is 0. The molecule has 0 aliphatic carbocycles. The fourth-order valence-corrected chi connectivity index (χ4v) is 2.21. The van der Waals surface area contributed by atoms with Crippen LogP contribution in [-0.4, -0.2) is 12.7 Å². The lowest BCUT2D eigenvalue weighted by atomic mass is 9.92. The zero-order valence-electron chi connectivity index (χ0n) is 9.22. The molecule has 13 heavy (non-hydrogen) atoms. The first-order valence-corrected chi connectivity index (χ1v) is 6.00. The summed E-state index contributed by atoms with van der Waals surface area (Å²) < 4.78 is 5.76. The quantitative estimate of drug-likeness (QED) is 0.610. The second-order valence-electron chi connectivity index (χ2n) is 4.24. The van der Waals surface area contributed by atoms with Crippen LogP contribution >= 0.6 is 0 Å². The number of ether oxygens (including phenoxy) is 1. The topological polar surface area (TPSA) is 9.23 Å². The smallest absolute Gasteiger partial charge is 0.0604 e. The lowest BCUT2D eigenvalue weighted by molar-refractivity contribution is 0.0791. The van der Waals surface area contributed by atoms with Gasteiger partial charge in [-0.25, -0.2) is 0 Å². The van der Waals surface area contributed by atoms with E-state index in [-0.39, 0.29) is 0 Å². The Morgan fingerprint density at radius 2 is 1.77 bits per heavy atom. The standard InChI is InChI=1S/C12H24O/c1-3-5-7-11-9-10-13-12(11)8-6-4-2/h11-12H,3-10H2,1-2H3. The monoisotopic (exact) mass is 184 g/mol.